The second kappa shape index (κ2) is 11.7. The summed E-state index contributed by atoms with van der Waals surface area (Å²) in [5.41, 5.74) is 0.599. The van der Waals surface area contributed by atoms with Crippen molar-refractivity contribution < 1.29 is 14.3 Å². The third-order valence-electron chi connectivity index (χ3n) is 4.08. The highest BCUT2D eigenvalue weighted by molar-refractivity contribution is 5.68. The van der Waals surface area contributed by atoms with Gasteiger partial charge in [-0.05, 0) is 52.2 Å². The number of aromatic amines is 1. The average Bonchev–Trinajstić information content (AvgIpc) is 3.17. The SMILES string of the molecule is CC.CC(C)(C)OC(=O)N1CCCC1.Cc1cc(N2CCOCC2)[nH]c(=O)c1. The number of aromatic nitrogens is 1. The van der Waals surface area contributed by atoms with Crippen molar-refractivity contribution in [2.75, 3.05) is 44.3 Å². The van der Waals surface area contributed by atoms with Crippen molar-refractivity contribution in [3.05, 3.63) is 28.0 Å². The number of rotatable bonds is 1. The molecule has 3 rings (SSSR count). The van der Waals surface area contributed by atoms with Gasteiger partial charge in [-0.25, -0.2) is 4.79 Å². The Morgan fingerprint density at radius 1 is 1.07 bits per heavy atom. The second-order valence-electron chi connectivity index (χ2n) is 7.68. The van der Waals surface area contributed by atoms with Crippen LogP contribution in [0.1, 0.15) is 53.0 Å². The molecule has 28 heavy (non-hydrogen) atoms. The van der Waals surface area contributed by atoms with E-state index in [1.54, 1.807) is 11.0 Å². The standard InChI is InChI=1S/C10H14N2O2.C9H17NO2.C2H6/c1-8-6-9(11-10(13)7-8)12-2-4-14-5-3-12;1-9(2,3)12-8(11)10-6-4-5-7-10;1-2/h6-7H,2-5H2,1H3,(H,11,13);4-7H2,1-3H3;1-2H3. The molecule has 0 saturated carbocycles. The van der Waals surface area contributed by atoms with Gasteiger partial charge in [-0.15, -0.1) is 0 Å². The maximum atomic E-state index is 11.4. The number of hydrogen-bond donors (Lipinski definition) is 1. The summed E-state index contributed by atoms with van der Waals surface area (Å²) in [5, 5.41) is 0. The topological polar surface area (TPSA) is 74.9 Å². The number of amides is 1. The first-order valence-corrected chi connectivity index (χ1v) is 10.3. The molecule has 1 amide bonds. The first kappa shape index (κ1) is 24.0. The van der Waals surface area contributed by atoms with Crippen LogP contribution >= 0.6 is 0 Å². The number of hydrogen-bond acceptors (Lipinski definition) is 5. The molecule has 0 bridgehead atoms. The number of likely N-dealkylation sites (tertiary alicyclic amines) is 1. The summed E-state index contributed by atoms with van der Waals surface area (Å²) >= 11 is 0. The molecule has 160 valence electrons. The predicted molar refractivity (Wildman–Crippen MR) is 113 cm³/mol. The average molecular weight is 396 g/mol. The summed E-state index contributed by atoms with van der Waals surface area (Å²) in [6.07, 6.45) is 2.05. The molecular formula is C21H37N3O4. The third kappa shape index (κ3) is 8.78. The van der Waals surface area contributed by atoms with Gasteiger partial charge in [0, 0.05) is 32.2 Å². The van der Waals surface area contributed by atoms with Crippen molar-refractivity contribution in [3.8, 4) is 0 Å². The smallest absolute Gasteiger partial charge is 0.410 e. The highest BCUT2D eigenvalue weighted by atomic mass is 16.6. The molecule has 1 N–H and O–H groups in total. The molecule has 0 spiro atoms. The van der Waals surface area contributed by atoms with E-state index < -0.39 is 0 Å². The molecule has 1 aromatic rings. The number of ether oxygens (including phenoxy) is 2. The number of carbonyl (C=O) groups excluding carboxylic acids is 1. The van der Waals surface area contributed by atoms with Crippen molar-refractivity contribution in [2.24, 2.45) is 0 Å². The van der Waals surface area contributed by atoms with E-state index in [9.17, 15) is 9.59 Å². The number of anilines is 1. The van der Waals surface area contributed by atoms with Crippen LogP contribution in [0.2, 0.25) is 0 Å². The first-order chi connectivity index (χ1) is 13.2. The summed E-state index contributed by atoms with van der Waals surface area (Å²) < 4.78 is 10.5. The van der Waals surface area contributed by atoms with Gasteiger partial charge in [0.05, 0.1) is 13.2 Å². The number of aryl methyl sites for hydroxylation is 1. The summed E-state index contributed by atoms with van der Waals surface area (Å²) in [7, 11) is 0. The summed E-state index contributed by atoms with van der Waals surface area (Å²) in [5.74, 6) is 0.901. The lowest BCUT2D eigenvalue weighted by Crippen LogP contribution is -2.37. The van der Waals surface area contributed by atoms with Gasteiger partial charge in [0.25, 0.3) is 0 Å². The molecule has 0 aromatic carbocycles. The minimum atomic E-state index is -0.361. The Hall–Kier alpha value is -2.02. The van der Waals surface area contributed by atoms with Crippen molar-refractivity contribution in [1.29, 1.82) is 0 Å². The zero-order chi connectivity index (χ0) is 21.2. The van der Waals surface area contributed by atoms with Crippen LogP contribution in [0.5, 0.6) is 0 Å². The molecule has 0 radical (unpaired) electrons. The minimum absolute atomic E-state index is 0.0357. The van der Waals surface area contributed by atoms with E-state index >= 15 is 0 Å². The van der Waals surface area contributed by atoms with E-state index in [2.05, 4.69) is 9.88 Å². The highest BCUT2D eigenvalue weighted by Crippen LogP contribution is 2.14. The zero-order valence-electron chi connectivity index (χ0n) is 18.3. The van der Waals surface area contributed by atoms with Gasteiger partial charge in [-0.2, -0.15) is 0 Å². The molecular weight excluding hydrogens is 358 g/mol. The molecule has 2 aliphatic rings. The van der Waals surface area contributed by atoms with Crippen LogP contribution in [0.25, 0.3) is 0 Å². The molecule has 3 heterocycles. The Bertz CT molecular complexity index is 640. The van der Waals surface area contributed by atoms with Crippen LogP contribution < -0.4 is 10.5 Å². The maximum absolute atomic E-state index is 11.4. The Labute approximate surface area is 169 Å². The number of carbonyl (C=O) groups is 1. The highest BCUT2D eigenvalue weighted by Gasteiger charge is 2.23. The van der Waals surface area contributed by atoms with E-state index in [1.165, 1.54) is 0 Å². The molecule has 0 unspecified atom stereocenters. The number of morpholine rings is 1. The lowest BCUT2D eigenvalue weighted by Gasteiger charge is -2.28. The Morgan fingerprint density at radius 3 is 2.14 bits per heavy atom. The molecule has 2 saturated heterocycles. The van der Waals surface area contributed by atoms with E-state index in [1.807, 2.05) is 47.6 Å². The lowest BCUT2D eigenvalue weighted by atomic mass is 10.2. The van der Waals surface area contributed by atoms with E-state index in [0.717, 1.165) is 63.6 Å². The van der Waals surface area contributed by atoms with Gasteiger partial charge in [-0.3, -0.25) is 4.79 Å². The zero-order valence-corrected chi connectivity index (χ0v) is 18.3. The molecule has 0 atom stereocenters. The van der Waals surface area contributed by atoms with Crippen LogP contribution in [0.15, 0.2) is 16.9 Å². The van der Waals surface area contributed by atoms with Crippen LogP contribution in [-0.4, -0.2) is 61.0 Å². The van der Waals surface area contributed by atoms with Crippen LogP contribution in [-0.2, 0) is 9.47 Å². The number of pyridine rings is 1. The Morgan fingerprint density at radius 2 is 1.64 bits per heavy atom. The van der Waals surface area contributed by atoms with E-state index in [-0.39, 0.29) is 17.3 Å². The molecule has 2 fully saturated rings. The Balaban J connectivity index is 0.000000260. The molecule has 7 heteroatoms. The maximum Gasteiger partial charge on any atom is 0.410 e. The normalized spacial score (nSPS) is 16.5. The minimum Gasteiger partial charge on any atom is -0.444 e. The summed E-state index contributed by atoms with van der Waals surface area (Å²) in [6.45, 7) is 16.5. The predicted octanol–water partition coefficient (Wildman–Crippen LogP) is 3.56. The third-order valence-corrected chi connectivity index (χ3v) is 4.08. The van der Waals surface area contributed by atoms with E-state index in [0.29, 0.717) is 0 Å². The molecule has 1 aromatic heterocycles. The molecule has 0 aliphatic carbocycles. The van der Waals surface area contributed by atoms with Gasteiger partial charge >= 0.3 is 6.09 Å². The fraction of sp³-hybridized carbons (Fsp3) is 0.714. The quantitative estimate of drug-likeness (QED) is 0.787. The van der Waals surface area contributed by atoms with Gasteiger partial charge < -0.3 is 24.3 Å². The number of nitrogens with zero attached hydrogens (tertiary/aromatic N) is 2. The number of nitrogens with one attached hydrogen (secondary N) is 1. The molecule has 2 aliphatic heterocycles. The first-order valence-electron chi connectivity index (χ1n) is 10.3. The fourth-order valence-corrected chi connectivity index (χ4v) is 2.86. The van der Waals surface area contributed by atoms with E-state index in [4.69, 9.17) is 9.47 Å². The van der Waals surface area contributed by atoms with Gasteiger partial charge in [-0.1, -0.05) is 13.8 Å². The van der Waals surface area contributed by atoms with Gasteiger partial charge in [0.15, 0.2) is 0 Å². The largest absolute Gasteiger partial charge is 0.444 e. The van der Waals surface area contributed by atoms with Crippen molar-refractivity contribution in [1.82, 2.24) is 9.88 Å². The van der Waals surface area contributed by atoms with Crippen LogP contribution in [0.4, 0.5) is 10.6 Å². The fourth-order valence-electron chi connectivity index (χ4n) is 2.86. The lowest BCUT2D eigenvalue weighted by molar-refractivity contribution is 0.0295. The van der Waals surface area contributed by atoms with Crippen molar-refractivity contribution in [3.63, 3.8) is 0 Å². The Kier molecular flexibility index (Phi) is 10.1. The number of H-pyrrole nitrogens is 1. The molecule has 7 nitrogen and oxygen atoms in total. The van der Waals surface area contributed by atoms with Crippen molar-refractivity contribution >= 4 is 11.9 Å². The van der Waals surface area contributed by atoms with Gasteiger partial charge in [0.2, 0.25) is 5.56 Å². The summed E-state index contributed by atoms with van der Waals surface area (Å²) in [4.78, 5) is 29.3. The van der Waals surface area contributed by atoms with Crippen LogP contribution in [0.3, 0.4) is 0 Å². The van der Waals surface area contributed by atoms with Crippen LogP contribution in [0, 0.1) is 6.92 Å². The van der Waals surface area contributed by atoms with Crippen molar-refractivity contribution in [2.45, 2.75) is 60.0 Å². The second-order valence-corrected chi connectivity index (χ2v) is 7.68. The summed E-state index contributed by atoms with van der Waals surface area (Å²) in [6, 6.07) is 3.59. The monoisotopic (exact) mass is 395 g/mol. The van der Waals surface area contributed by atoms with Gasteiger partial charge in [0.1, 0.15) is 11.4 Å².